The van der Waals surface area contributed by atoms with Crippen LogP contribution >= 0.6 is 47.8 Å². The maximum absolute atomic E-state index is 12.9. The molecule has 3 saturated carbocycles. The third-order valence-electron chi connectivity index (χ3n) is 6.10. The Kier molecular flexibility index (Phi) is 4.62. The van der Waals surface area contributed by atoms with E-state index in [9.17, 15) is 9.59 Å². The number of pyridine rings is 1. The topological polar surface area (TPSA) is 71.1 Å². The zero-order chi connectivity index (χ0) is 17.8. The van der Waals surface area contributed by atoms with Crippen LogP contribution in [0.15, 0.2) is 24.5 Å². The fourth-order valence-electron chi connectivity index (χ4n) is 4.49. The van der Waals surface area contributed by atoms with Gasteiger partial charge < -0.3 is 0 Å². The minimum atomic E-state index is -0.547. The Morgan fingerprint density at radius 1 is 1.29 bits per heavy atom. The van der Waals surface area contributed by atoms with Crippen molar-refractivity contribution in [2.75, 3.05) is 0 Å². The highest BCUT2D eigenvalue weighted by Gasteiger charge is 2.83. The molecule has 0 spiro atoms. The maximum Gasteiger partial charge on any atom is 0.271 e. The molecule has 0 radical (unpaired) electrons. The molecule has 2 amide bonds. The van der Waals surface area contributed by atoms with Gasteiger partial charge in [0.25, 0.3) is 5.91 Å². The summed E-state index contributed by atoms with van der Waals surface area (Å²) in [6, 6.07) is 3.32. The third kappa shape index (κ3) is 2.11. The highest BCUT2D eigenvalue weighted by atomic mass is 79.9. The van der Waals surface area contributed by atoms with Crippen molar-refractivity contribution in [1.82, 2.24) is 15.8 Å². The highest BCUT2D eigenvalue weighted by Crippen LogP contribution is 2.82. The smallest absolute Gasteiger partial charge is 0.271 e. The summed E-state index contributed by atoms with van der Waals surface area (Å²) in [5.41, 5.74) is 4.72. The van der Waals surface area contributed by atoms with Gasteiger partial charge in [0.05, 0.1) is 14.7 Å². The maximum atomic E-state index is 12.9. The molecule has 2 N–H and O–H groups in total. The SMILES string of the molecule is CC1(C)C2(C(=O)NNC(=O)c3cccnc3)CCC1(C(Br)Br)C2Br. The van der Waals surface area contributed by atoms with E-state index < -0.39 is 5.41 Å². The van der Waals surface area contributed by atoms with Crippen molar-refractivity contribution in [3.8, 4) is 0 Å². The average Bonchev–Trinajstić information content (AvgIpc) is 3.03. The number of hydrazine groups is 1. The van der Waals surface area contributed by atoms with Crippen molar-refractivity contribution in [1.29, 1.82) is 0 Å². The summed E-state index contributed by atoms with van der Waals surface area (Å²) < 4.78 is 0.116. The van der Waals surface area contributed by atoms with Gasteiger partial charge in [-0.1, -0.05) is 61.6 Å². The second kappa shape index (κ2) is 6.06. The molecule has 24 heavy (non-hydrogen) atoms. The quantitative estimate of drug-likeness (QED) is 0.470. The second-order valence-corrected chi connectivity index (χ2v) is 10.9. The van der Waals surface area contributed by atoms with Gasteiger partial charge in [-0.15, -0.1) is 0 Å². The second-order valence-electron chi connectivity index (χ2n) is 6.95. The number of nitrogens with one attached hydrogen (secondary N) is 2. The average molecular weight is 524 g/mol. The number of nitrogens with zero attached hydrogens (tertiary/aromatic N) is 1. The van der Waals surface area contributed by atoms with Crippen molar-refractivity contribution in [3.05, 3.63) is 30.1 Å². The largest absolute Gasteiger partial charge is 0.273 e. The van der Waals surface area contributed by atoms with Gasteiger partial charge in [-0.3, -0.25) is 25.4 Å². The summed E-state index contributed by atoms with van der Waals surface area (Å²) in [5, 5.41) is 0. The van der Waals surface area contributed by atoms with Crippen LogP contribution in [0.5, 0.6) is 0 Å². The normalized spacial score (nSPS) is 33.0. The van der Waals surface area contributed by atoms with E-state index in [1.54, 1.807) is 18.3 Å². The summed E-state index contributed by atoms with van der Waals surface area (Å²) >= 11 is 11.1. The van der Waals surface area contributed by atoms with Gasteiger partial charge in [-0.05, 0) is 30.4 Å². The van der Waals surface area contributed by atoms with Gasteiger partial charge in [0.15, 0.2) is 0 Å². The molecule has 1 aromatic rings. The Balaban J connectivity index is 1.74. The molecule has 3 unspecified atom stereocenters. The molecule has 3 aliphatic carbocycles. The van der Waals surface area contributed by atoms with Crippen LogP contribution in [0.25, 0.3) is 0 Å². The first-order valence-electron chi connectivity index (χ1n) is 7.65. The lowest BCUT2D eigenvalue weighted by molar-refractivity contribution is -0.162. The van der Waals surface area contributed by atoms with Gasteiger partial charge in [0.2, 0.25) is 5.91 Å². The van der Waals surface area contributed by atoms with E-state index in [1.807, 2.05) is 0 Å². The molecule has 0 aromatic carbocycles. The monoisotopic (exact) mass is 521 g/mol. The number of carbonyl (C=O) groups excluding carboxylic acids is 2. The van der Waals surface area contributed by atoms with Crippen LogP contribution in [-0.4, -0.2) is 25.4 Å². The van der Waals surface area contributed by atoms with Crippen LogP contribution in [0.2, 0.25) is 0 Å². The fraction of sp³-hybridized carbons (Fsp3) is 0.562. The Morgan fingerprint density at radius 2 is 2.00 bits per heavy atom. The Morgan fingerprint density at radius 3 is 2.50 bits per heavy atom. The predicted molar refractivity (Wildman–Crippen MR) is 102 cm³/mol. The number of hydrogen-bond donors (Lipinski definition) is 2. The molecule has 4 rings (SSSR count). The van der Waals surface area contributed by atoms with Gasteiger partial charge in [-0.2, -0.15) is 0 Å². The van der Waals surface area contributed by atoms with E-state index in [-0.39, 0.29) is 31.2 Å². The van der Waals surface area contributed by atoms with Crippen LogP contribution < -0.4 is 10.9 Å². The standard InChI is InChI=1S/C16H18Br3N3O2/c1-14(2)15(12(18)19)5-6-16(14,11(15)17)13(24)22-21-10(23)9-4-3-7-20-8-9/h3-4,7-8,11-12H,5-6H2,1-2H3,(H,21,23)(H,22,24). The fourth-order valence-corrected chi connectivity index (χ4v) is 9.41. The zero-order valence-corrected chi connectivity index (χ0v) is 18.0. The van der Waals surface area contributed by atoms with Crippen LogP contribution in [0.4, 0.5) is 0 Å². The summed E-state index contributed by atoms with van der Waals surface area (Å²) in [6.45, 7) is 4.24. The Labute approximate surface area is 166 Å². The first kappa shape index (κ1) is 18.3. The lowest BCUT2D eigenvalue weighted by atomic mass is 9.43. The Bertz CT molecular complexity index is 682. The number of aromatic nitrogens is 1. The van der Waals surface area contributed by atoms with Gasteiger partial charge in [0.1, 0.15) is 0 Å². The number of amides is 2. The molecule has 1 heterocycles. The first-order chi connectivity index (χ1) is 11.2. The van der Waals surface area contributed by atoms with E-state index in [0.717, 1.165) is 12.8 Å². The third-order valence-corrected chi connectivity index (χ3v) is 9.34. The number of hydrogen-bond acceptors (Lipinski definition) is 3. The highest BCUT2D eigenvalue weighted by molar-refractivity contribution is 9.24. The molecule has 8 heteroatoms. The van der Waals surface area contributed by atoms with E-state index in [2.05, 4.69) is 77.5 Å². The minimum Gasteiger partial charge on any atom is -0.273 e. The van der Waals surface area contributed by atoms with Gasteiger partial charge in [-0.25, -0.2) is 0 Å². The predicted octanol–water partition coefficient (Wildman–Crippen LogP) is 3.53. The summed E-state index contributed by atoms with van der Waals surface area (Å²) in [4.78, 5) is 29.0. The van der Waals surface area contributed by atoms with Gasteiger partial charge in [0, 0.05) is 22.6 Å². The van der Waals surface area contributed by atoms with Crippen LogP contribution in [0.1, 0.15) is 37.0 Å². The molecule has 0 saturated heterocycles. The van der Waals surface area contributed by atoms with E-state index in [4.69, 9.17) is 0 Å². The molecule has 1 aromatic heterocycles. The first-order valence-corrected chi connectivity index (χ1v) is 10.4. The van der Waals surface area contributed by atoms with Crippen molar-refractivity contribution in [3.63, 3.8) is 0 Å². The van der Waals surface area contributed by atoms with E-state index in [0.29, 0.717) is 5.56 Å². The van der Waals surface area contributed by atoms with Crippen molar-refractivity contribution < 1.29 is 9.59 Å². The molecule has 3 atom stereocenters. The molecule has 3 aliphatic rings. The number of carbonyl (C=O) groups is 2. The molecule has 5 nitrogen and oxygen atoms in total. The van der Waals surface area contributed by atoms with Crippen molar-refractivity contribution in [2.45, 2.75) is 35.3 Å². The van der Waals surface area contributed by atoms with Crippen LogP contribution in [0, 0.1) is 16.2 Å². The number of rotatable bonds is 3. The number of alkyl halides is 3. The van der Waals surface area contributed by atoms with E-state index >= 15 is 0 Å². The summed E-state index contributed by atoms with van der Waals surface area (Å²) in [7, 11) is 0. The number of halogens is 3. The van der Waals surface area contributed by atoms with Crippen LogP contribution in [0.3, 0.4) is 0 Å². The molecule has 2 bridgehead atoms. The molecule has 0 aliphatic heterocycles. The van der Waals surface area contributed by atoms with Crippen molar-refractivity contribution in [2.24, 2.45) is 16.2 Å². The lowest BCUT2D eigenvalue weighted by Crippen LogP contribution is -2.72. The molecular formula is C16H18Br3N3O2. The van der Waals surface area contributed by atoms with Crippen molar-refractivity contribution >= 4 is 59.6 Å². The minimum absolute atomic E-state index is 0.0338. The zero-order valence-electron chi connectivity index (χ0n) is 13.3. The molecule has 130 valence electrons. The number of fused-ring (bicyclic) bond motifs is 1. The molecule has 3 fully saturated rings. The van der Waals surface area contributed by atoms with Gasteiger partial charge >= 0.3 is 0 Å². The summed E-state index contributed by atoms with van der Waals surface area (Å²) in [6.07, 6.45) is 4.76. The Hall–Kier alpha value is -0.470. The van der Waals surface area contributed by atoms with Crippen LogP contribution in [-0.2, 0) is 4.79 Å². The lowest BCUT2D eigenvalue weighted by Gasteiger charge is -2.66. The molecular weight excluding hydrogens is 506 g/mol. The summed E-state index contributed by atoms with van der Waals surface area (Å²) in [5.74, 6) is -0.528. The van der Waals surface area contributed by atoms with E-state index in [1.165, 1.54) is 6.20 Å².